The van der Waals surface area contributed by atoms with Crippen LogP contribution in [-0.2, 0) is 4.79 Å². The van der Waals surface area contributed by atoms with Gasteiger partial charge in [-0.05, 0) is 32.0 Å². The van der Waals surface area contributed by atoms with Crippen molar-refractivity contribution in [2.24, 2.45) is 5.92 Å². The quantitative estimate of drug-likeness (QED) is 0.682. The topological polar surface area (TPSA) is 76.7 Å². The monoisotopic (exact) mass is 322 g/mol. The molecule has 2 N–H and O–H groups in total. The van der Waals surface area contributed by atoms with E-state index in [2.05, 4.69) is 10.6 Å². The molecule has 0 aromatic heterocycles. The lowest BCUT2D eigenvalue weighted by Gasteiger charge is -2.13. The molecule has 0 saturated carbocycles. The summed E-state index contributed by atoms with van der Waals surface area (Å²) in [5, 5.41) is 5.51. The molecule has 128 valence electrons. The highest BCUT2D eigenvalue weighted by atomic mass is 16.5. The summed E-state index contributed by atoms with van der Waals surface area (Å²) in [4.78, 5) is 23.5. The number of hydrogen-bond donors (Lipinski definition) is 2. The molecule has 0 atom stereocenters. The van der Waals surface area contributed by atoms with Gasteiger partial charge in [0, 0.05) is 24.6 Å². The van der Waals surface area contributed by atoms with Crippen molar-refractivity contribution in [2.45, 2.75) is 27.7 Å². The highest BCUT2D eigenvalue weighted by Gasteiger charge is 2.11. The zero-order valence-electron chi connectivity index (χ0n) is 14.3. The molecule has 0 spiro atoms. The molecular weight excluding hydrogens is 296 g/mol. The summed E-state index contributed by atoms with van der Waals surface area (Å²) < 4.78 is 11.0. The van der Waals surface area contributed by atoms with Crippen LogP contribution in [0.15, 0.2) is 18.2 Å². The van der Waals surface area contributed by atoms with Gasteiger partial charge in [-0.2, -0.15) is 0 Å². The van der Waals surface area contributed by atoms with Crippen molar-refractivity contribution < 1.29 is 19.1 Å². The first kappa shape index (κ1) is 18.8. The van der Waals surface area contributed by atoms with Gasteiger partial charge in [0.25, 0.3) is 5.91 Å². The molecule has 1 aromatic rings. The number of benzene rings is 1. The Bertz CT molecular complexity index is 529. The number of ether oxygens (including phenoxy) is 2. The Hall–Kier alpha value is -2.24. The number of nitrogens with one attached hydrogen (secondary N) is 2. The molecule has 1 rings (SSSR count). The van der Waals surface area contributed by atoms with Gasteiger partial charge in [-0.1, -0.05) is 13.8 Å². The van der Waals surface area contributed by atoms with Crippen LogP contribution < -0.4 is 20.1 Å². The van der Waals surface area contributed by atoms with E-state index in [4.69, 9.17) is 9.47 Å². The van der Waals surface area contributed by atoms with E-state index in [-0.39, 0.29) is 17.7 Å². The highest BCUT2D eigenvalue weighted by molar-refractivity contribution is 5.94. The lowest BCUT2D eigenvalue weighted by molar-refractivity contribution is -0.123. The first-order chi connectivity index (χ1) is 11.0. The Morgan fingerprint density at radius 3 is 2.22 bits per heavy atom. The zero-order valence-corrected chi connectivity index (χ0v) is 14.3. The van der Waals surface area contributed by atoms with Gasteiger partial charge < -0.3 is 20.1 Å². The molecule has 23 heavy (non-hydrogen) atoms. The van der Waals surface area contributed by atoms with Crippen molar-refractivity contribution in [2.75, 3.05) is 26.3 Å². The van der Waals surface area contributed by atoms with Crippen LogP contribution in [-0.4, -0.2) is 38.1 Å². The molecule has 0 heterocycles. The van der Waals surface area contributed by atoms with Crippen molar-refractivity contribution in [3.63, 3.8) is 0 Å². The third-order valence-electron chi connectivity index (χ3n) is 3.04. The minimum absolute atomic E-state index is 0.0288. The second-order valence-corrected chi connectivity index (χ2v) is 5.23. The molecule has 0 unspecified atom stereocenters. The number of carbonyl (C=O) groups is 2. The van der Waals surface area contributed by atoms with Crippen molar-refractivity contribution in [1.82, 2.24) is 10.6 Å². The standard InChI is InChI=1S/C17H26N2O4/c1-5-22-14-8-7-13(11-15(14)23-6-2)17(21)19-10-9-18-16(20)12(3)4/h7-8,11-12H,5-6,9-10H2,1-4H3,(H,18,20)(H,19,21). The van der Waals surface area contributed by atoms with E-state index >= 15 is 0 Å². The molecular formula is C17H26N2O4. The van der Waals surface area contributed by atoms with E-state index < -0.39 is 0 Å². The maximum absolute atomic E-state index is 12.1. The predicted octanol–water partition coefficient (Wildman–Crippen LogP) is 1.99. The molecule has 0 radical (unpaired) electrons. The first-order valence-corrected chi connectivity index (χ1v) is 7.95. The number of hydrogen-bond acceptors (Lipinski definition) is 4. The van der Waals surface area contributed by atoms with E-state index in [0.717, 1.165) is 0 Å². The smallest absolute Gasteiger partial charge is 0.251 e. The Morgan fingerprint density at radius 1 is 1.00 bits per heavy atom. The fourth-order valence-electron chi connectivity index (χ4n) is 1.86. The highest BCUT2D eigenvalue weighted by Crippen LogP contribution is 2.28. The molecule has 0 saturated heterocycles. The predicted molar refractivity (Wildman–Crippen MR) is 89.0 cm³/mol. The van der Waals surface area contributed by atoms with Gasteiger partial charge in [-0.3, -0.25) is 9.59 Å². The number of rotatable bonds is 9. The molecule has 2 amide bonds. The van der Waals surface area contributed by atoms with E-state index in [9.17, 15) is 9.59 Å². The van der Waals surface area contributed by atoms with Gasteiger partial charge in [-0.15, -0.1) is 0 Å². The third kappa shape index (κ3) is 6.18. The average Bonchev–Trinajstić information content (AvgIpc) is 2.53. The van der Waals surface area contributed by atoms with E-state index in [1.807, 2.05) is 27.7 Å². The summed E-state index contributed by atoms with van der Waals surface area (Å²) in [6.45, 7) is 9.20. The Kier molecular flexibility index (Phi) is 7.94. The maximum atomic E-state index is 12.1. The van der Waals surface area contributed by atoms with Crippen molar-refractivity contribution in [3.05, 3.63) is 23.8 Å². The van der Waals surface area contributed by atoms with Crippen LogP contribution in [0.5, 0.6) is 11.5 Å². The summed E-state index contributed by atoms with van der Waals surface area (Å²) in [6.07, 6.45) is 0. The van der Waals surface area contributed by atoms with Crippen LogP contribution in [0, 0.1) is 5.92 Å². The Balaban J connectivity index is 2.58. The molecule has 0 aliphatic heterocycles. The summed E-state index contributed by atoms with van der Waals surface area (Å²) >= 11 is 0. The van der Waals surface area contributed by atoms with Gasteiger partial charge in [0.1, 0.15) is 0 Å². The summed E-state index contributed by atoms with van der Waals surface area (Å²) in [5.74, 6) is 0.863. The molecule has 1 aromatic carbocycles. The zero-order chi connectivity index (χ0) is 17.2. The molecule has 6 nitrogen and oxygen atoms in total. The molecule has 6 heteroatoms. The summed E-state index contributed by atoms with van der Waals surface area (Å²) in [7, 11) is 0. The lowest BCUT2D eigenvalue weighted by Crippen LogP contribution is -2.36. The van der Waals surface area contributed by atoms with Gasteiger partial charge in [0.2, 0.25) is 5.91 Å². The summed E-state index contributed by atoms with van der Waals surface area (Å²) in [5.41, 5.74) is 0.493. The third-order valence-corrected chi connectivity index (χ3v) is 3.04. The van der Waals surface area contributed by atoms with Crippen molar-refractivity contribution in [1.29, 1.82) is 0 Å². The average molecular weight is 322 g/mol. The molecule has 0 bridgehead atoms. The van der Waals surface area contributed by atoms with Crippen LogP contribution in [0.25, 0.3) is 0 Å². The largest absolute Gasteiger partial charge is 0.490 e. The molecule has 0 fully saturated rings. The van der Waals surface area contributed by atoms with Crippen molar-refractivity contribution in [3.8, 4) is 11.5 Å². The fraction of sp³-hybridized carbons (Fsp3) is 0.529. The first-order valence-electron chi connectivity index (χ1n) is 7.95. The fourth-order valence-corrected chi connectivity index (χ4v) is 1.86. The maximum Gasteiger partial charge on any atom is 0.251 e. The van der Waals surface area contributed by atoms with Crippen LogP contribution in [0.3, 0.4) is 0 Å². The lowest BCUT2D eigenvalue weighted by atomic mass is 10.2. The van der Waals surface area contributed by atoms with Crippen LogP contribution >= 0.6 is 0 Å². The SMILES string of the molecule is CCOc1ccc(C(=O)NCCNC(=O)C(C)C)cc1OCC. The van der Waals surface area contributed by atoms with Gasteiger partial charge in [-0.25, -0.2) is 0 Å². The van der Waals surface area contributed by atoms with Gasteiger partial charge >= 0.3 is 0 Å². The van der Waals surface area contributed by atoms with E-state index in [1.54, 1.807) is 18.2 Å². The van der Waals surface area contributed by atoms with Gasteiger partial charge in [0.15, 0.2) is 11.5 Å². The van der Waals surface area contributed by atoms with Crippen LogP contribution in [0.1, 0.15) is 38.1 Å². The normalized spacial score (nSPS) is 10.3. The summed E-state index contributed by atoms with van der Waals surface area (Å²) in [6, 6.07) is 5.08. The number of amides is 2. The molecule has 0 aliphatic carbocycles. The Morgan fingerprint density at radius 2 is 1.61 bits per heavy atom. The van der Waals surface area contributed by atoms with E-state index in [1.165, 1.54) is 0 Å². The number of carbonyl (C=O) groups excluding carboxylic acids is 2. The minimum atomic E-state index is -0.215. The second-order valence-electron chi connectivity index (χ2n) is 5.23. The minimum Gasteiger partial charge on any atom is -0.490 e. The van der Waals surface area contributed by atoms with Crippen LogP contribution in [0.4, 0.5) is 0 Å². The van der Waals surface area contributed by atoms with Crippen molar-refractivity contribution >= 4 is 11.8 Å². The Labute approximate surface area is 137 Å². The van der Waals surface area contributed by atoms with E-state index in [0.29, 0.717) is 43.4 Å². The van der Waals surface area contributed by atoms with Gasteiger partial charge in [0.05, 0.1) is 13.2 Å². The second kappa shape index (κ2) is 9.71. The van der Waals surface area contributed by atoms with Crippen LogP contribution in [0.2, 0.25) is 0 Å². The molecule has 0 aliphatic rings.